The first kappa shape index (κ1) is 33.7. The summed E-state index contributed by atoms with van der Waals surface area (Å²) in [6.45, 7) is 4.84. The van der Waals surface area contributed by atoms with Crippen molar-refractivity contribution in [1.29, 1.82) is 0 Å². The molecule has 1 aromatic heterocycles. The lowest BCUT2D eigenvalue weighted by Crippen LogP contribution is -2.34. The van der Waals surface area contributed by atoms with Gasteiger partial charge in [0.1, 0.15) is 0 Å². The highest BCUT2D eigenvalue weighted by Crippen LogP contribution is 2.63. The predicted molar refractivity (Wildman–Crippen MR) is 248 cm³/mol. The normalized spacial score (nSPS) is 15.0. The summed E-state index contributed by atoms with van der Waals surface area (Å²) in [6, 6.07) is 78.1. The van der Waals surface area contributed by atoms with Crippen LogP contribution in [0.2, 0.25) is 0 Å². The van der Waals surface area contributed by atoms with Crippen molar-refractivity contribution in [3.05, 3.63) is 256 Å². The molecule has 2 heterocycles. The molecular weight excluding hydrogens is 723 g/mol. The summed E-state index contributed by atoms with van der Waals surface area (Å²) < 4.78 is 2.58. The molecule has 3 aliphatic rings. The molecule has 282 valence electrons. The van der Waals surface area contributed by atoms with Crippen LogP contribution in [-0.2, 0) is 10.8 Å². The standard InChI is InChI=1S/C59H41N/c1-58(2)48-31-12-8-24-41(48)45-27-16-30-47(55(45)58)54(37-19-4-3-5-20-37)43-26-7-6-21-38(43)44-28-18-36-53-56(44)59(49-32-13-9-22-39(49)40-23-10-14-33-50(40)59)51-34-17-29-46-42-25-11-15-35-52(42)60(53)57(46)51/h3-36,54H,1-2H3. The van der Waals surface area contributed by atoms with Gasteiger partial charge in [-0.25, -0.2) is 0 Å². The van der Waals surface area contributed by atoms with Crippen LogP contribution in [0.15, 0.2) is 206 Å². The van der Waals surface area contributed by atoms with Crippen molar-refractivity contribution in [3.63, 3.8) is 0 Å². The Bertz CT molecular complexity index is 3370. The average Bonchev–Trinajstić information content (AvgIpc) is 3.88. The molecule has 0 N–H and O–H groups in total. The van der Waals surface area contributed by atoms with Crippen LogP contribution in [0.5, 0.6) is 0 Å². The molecule has 10 aromatic rings. The largest absolute Gasteiger partial charge is 0.309 e. The van der Waals surface area contributed by atoms with E-state index in [-0.39, 0.29) is 11.3 Å². The molecule has 1 aliphatic heterocycles. The second-order valence-electron chi connectivity index (χ2n) is 17.5. The third-order valence-electron chi connectivity index (χ3n) is 14.3. The Morgan fingerprint density at radius 1 is 0.367 bits per heavy atom. The van der Waals surface area contributed by atoms with E-state index >= 15 is 0 Å². The third kappa shape index (κ3) is 4.17. The minimum absolute atomic E-state index is 0.0177. The Balaban J connectivity index is 1.17. The van der Waals surface area contributed by atoms with Gasteiger partial charge in [0, 0.05) is 27.7 Å². The van der Waals surface area contributed by atoms with Gasteiger partial charge in [0.15, 0.2) is 0 Å². The molecule has 0 saturated carbocycles. The second-order valence-corrected chi connectivity index (χ2v) is 17.5. The molecule has 1 atom stereocenters. The van der Waals surface area contributed by atoms with Crippen LogP contribution >= 0.6 is 0 Å². The van der Waals surface area contributed by atoms with Crippen molar-refractivity contribution in [2.24, 2.45) is 0 Å². The minimum Gasteiger partial charge on any atom is -0.309 e. The maximum Gasteiger partial charge on any atom is 0.0760 e. The van der Waals surface area contributed by atoms with Gasteiger partial charge in [-0.3, -0.25) is 0 Å². The lowest BCUT2D eigenvalue weighted by molar-refractivity contribution is 0.648. The summed E-state index contributed by atoms with van der Waals surface area (Å²) in [7, 11) is 0. The van der Waals surface area contributed by atoms with Gasteiger partial charge in [-0.15, -0.1) is 0 Å². The molecule has 1 heteroatoms. The number of nitrogens with zero attached hydrogens (tertiary/aromatic N) is 1. The topological polar surface area (TPSA) is 4.93 Å². The first-order chi connectivity index (χ1) is 29.6. The maximum atomic E-state index is 2.58. The van der Waals surface area contributed by atoms with E-state index in [2.05, 4.69) is 225 Å². The molecule has 13 rings (SSSR count). The van der Waals surface area contributed by atoms with E-state index in [0.717, 1.165) is 0 Å². The fourth-order valence-corrected chi connectivity index (χ4v) is 12.1. The molecule has 60 heavy (non-hydrogen) atoms. The van der Waals surface area contributed by atoms with Crippen LogP contribution in [0, 0.1) is 0 Å². The number of para-hydroxylation sites is 2. The zero-order chi connectivity index (χ0) is 39.7. The minimum atomic E-state index is -0.560. The van der Waals surface area contributed by atoms with Gasteiger partial charge in [0.2, 0.25) is 0 Å². The van der Waals surface area contributed by atoms with Gasteiger partial charge in [0.25, 0.3) is 0 Å². The SMILES string of the molecule is CC1(C)c2ccccc2-c2cccc(C(c3ccccc3)c3ccccc3-c3cccc4c3C3(c5ccccc5-c5ccccc53)c3cccc5c6ccccc6n-4c35)c21. The predicted octanol–water partition coefficient (Wildman–Crippen LogP) is 14.6. The lowest BCUT2D eigenvalue weighted by atomic mass is 9.63. The van der Waals surface area contributed by atoms with E-state index < -0.39 is 5.41 Å². The summed E-state index contributed by atoms with van der Waals surface area (Å²) in [6.07, 6.45) is 0. The Morgan fingerprint density at radius 2 is 0.867 bits per heavy atom. The molecule has 0 radical (unpaired) electrons. The van der Waals surface area contributed by atoms with E-state index in [1.54, 1.807) is 0 Å². The smallest absolute Gasteiger partial charge is 0.0760 e. The first-order valence-electron chi connectivity index (χ1n) is 21.3. The zero-order valence-corrected chi connectivity index (χ0v) is 33.7. The number of aromatic nitrogens is 1. The van der Waals surface area contributed by atoms with Gasteiger partial charge in [-0.1, -0.05) is 208 Å². The molecule has 1 spiro atoms. The Morgan fingerprint density at radius 3 is 1.62 bits per heavy atom. The molecule has 0 bridgehead atoms. The van der Waals surface area contributed by atoms with Crippen molar-refractivity contribution in [2.45, 2.75) is 30.6 Å². The second kappa shape index (κ2) is 12.2. The van der Waals surface area contributed by atoms with Crippen molar-refractivity contribution in [2.75, 3.05) is 0 Å². The van der Waals surface area contributed by atoms with Gasteiger partial charge >= 0.3 is 0 Å². The molecule has 9 aromatic carbocycles. The van der Waals surface area contributed by atoms with Crippen LogP contribution in [0.25, 0.3) is 60.9 Å². The van der Waals surface area contributed by atoms with Crippen molar-refractivity contribution in [1.82, 2.24) is 4.57 Å². The summed E-state index contributed by atoms with van der Waals surface area (Å²) in [5.74, 6) is -0.0177. The van der Waals surface area contributed by atoms with Crippen LogP contribution in [0.1, 0.15) is 69.8 Å². The van der Waals surface area contributed by atoms with Crippen LogP contribution in [-0.4, -0.2) is 4.57 Å². The molecule has 0 saturated heterocycles. The summed E-state index contributed by atoms with van der Waals surface area (Å²) >= 11 is 0. The van der Waals surface area contributed by atoms with Crippen LogP contribution < -0.4 is 0 Å². The number of hydrogen-bond acceptors (Lipinski definition) is 0. The zero-order valence-electron chi connectivity index (χ0n) is 33.7. The van der Waals surface area contributed by atoms with Crippen molar-refractivity contribution in [3.8, 4) is 39.1 Å². The first-order valence-corrected chi connectivity index (χ1v) is 21.3. The van der Waals surface area contributed by atoms with Gasteiger partial charge in [0.05, 0.1) is 22.1 Å². The molecule has 1 nitrogen and oxygen atoms in total. The Hall–Kier alpha value is -7.22. The van der Waals surface area contributed by atoms with E-state index in [9.17, 15) is 0 Å². The average molecular weight is 764 g/mol. The van der Waals surface area contributed by atoms with Gasteiger partial charge in [-0.05, 0) is 90.0 Å². The summed E-state index contributed by atoms with van der Waals surface area (Å²) in [5, 5.41) is 2.58. The highest BCUT2D eigenvalue weighted by molar-refractivity contribution is 6.13. The highest BCUT2D eigenvalue weighted by Gasteiger charge is 2.52. The van der Waals surface area contributed by atoms with Crippen LogP contribution in [0.4, 0.5) is 0 Å². The quantitative estimate of drug-likeness (QED) is 0.157. The fraction of sp³-hybridized carbons (Fsp3) is 0.0847. The number of rotatable bonds is 4. The maximum absolute atomic E-state index is 2.58. The number of fused-ring (bicyclic) bond motifs is 15. The van der Waals surface area contributed by atoms with E-state index in [4.69, 9.17) is 0 Å². The molecule has 0 amide bonds. The third-order valence-corrected chi connectivity index (χ3v) is 14.3. The molecular formula is C59H41N. The lowest BCUT2D eigenvalue weighted by Gasteiger charge is -2.41. The van der Waals surface area contributed by atoms with Crippen LogP contribution in [0.3, 0.4) is 0 Å². The number of hydrogen-bond donors (Lipinski definition) is 0. The molecule has 0 fully saturated rings. The van der Waals surface area contributed by atoms with Crippen molar-refractivity contribution >= 4 is 21.8 Å². The molecule has 1 unspecified atom stereocenters. The Kier molecular flexibility index (Phi) is 6.84. The Labute approximate surface area is 350 Å². The monoisotopic (exact) mass is 763 g/mol. The highest BCUT2D eigenvalue weighted by atomic mass is 15.0. The van der Waals surface area contributed by atoms with Gasteiger partial charge in [-0.2, -0.15) is 0 Å². The summed E-state index contributed by atoms with van der Waals surface area (Å²) in [4.78, 5) is 0. The van der Waals surface area contributed by atoms with E-state index in [1.807, 2.05) is 0 Å². The van der Waals surface area contributed by atoms with Crippen molar-refractivity contribution < 1.29 is 0 Å². The number of benzene rings is 9. The van der Waals surface area contributed by atoms with E-state index in [1.165, 1.54) is 111 Å². The van der Waals surface area contributed by atoms with Gasteiger partial charge < -0.3 is 4.57 Å². The fourth-order valence-electron chi connectivity index (χ4n) is 12.1. The van der Waals surface area contributed by atoms with E-state index in [0.29, 0.717) is 0 Å². The molecule has 2 aliphatic carbocycles. The summed E-state index contributed by atoms with van der Waals surface area (Å²) in [5.41, 5.74) is 23.1.